The van der Waals surface area contributed by atoms with Crippen molar-refractivity contribution in [3.8, 4) is 0 Å². The lowest BCUT2D eigenvalue weighted by atomic mass is 10.0. The van der Waals surface area contributed by atoms with Gasteiger partial charge in [-0.15, -0.1) is 0 Å². The molecule has 0 aliphatic rings. The zero-order chi connectivity index (χ0) is 15.3. The molecule has 2 rings (SSSR count). The van der Waals surface area contributed by atoms with Crippen molar-refractivity contribution >= 4 is 15.9 Å². The number of rotatable bonds is 6. The van der Waals surface area contributed by atoms with Gasteiger partial charge in [0.2, 0.25) is 0 Å². The molecule has 0 N–H and O–H groups in total. The summed E-state index contributed by atoms with van der Waals surface area (Å²) >= 11 is 0. The van der Waals surface area contributed by atoms with Crippen molar-refractivity contribution in [3.05, 3.63) is 71.8 Å². The van der Waals surface area contributed by atoms with Gasteiger partial charge in [-0.3, -0.25) is 8.98 Å². The van der Waals surface area contributed by atoms with Crippen molar-refractivity contribution in [2.75, 3.05) is 6.26 Å². The average Bonchev–Trinajstić information content (AvgIpc) is 2.46. The molecule has 0 saturated heterocycles. The quantitative estimate of drug-likeness (QED) is 0.607. The van der Waals surface area contributed by atoms with Gasteiger partial charge in [0.1, 0.15) is 6.10 Å². The van der Waals surface area contributed by atoms with Gasteiger partial charge in [0.05, 0.1) is 6.26 Å². The fraction of sp³-hybridized carbons (Fsp3) is 0.188. The first kappa shape index (κ1) is 15.4. The molecule has 0 aromatic heterocycles. The van der Waals surface area contributed by atoms with E-state index in [1.165, 1.54) is 0 Å². The van der Waals surface area contributed by atoms with Crippen molar-refractivity contribution in [1.29, 1.82) is 0 Å². The fourth-order valence-corrected chi connectivity index (χ4v) is 2.58. The Balaban J connectivity index is 2.26. The number of Topliss-reactive ketones (excluding diaryl/α,β-unsaturated/α-hetero) is 1. The van der Waals surface area contributed by atoms with Gasteiger partial charge in [-0.25, -0.2) is 0 Å². The molecule has 4 nitrogen and oxygen atoms in total. The van der Waals surface area contributed by atoms with E-state index in [9.17, 15) is 13.2 Å². The highest BCUT2D eigenvalue weighted by Gasteiger charge is 2.25. The van der Waals surface area contributed by atoms with E-state index in [1.54, 1.807) is 30.3 Å². The highest BCUT2D eigenvalue weighted by atomic mass is 32.2. The van der Waals surface area contributed by atoms with Gasteiger partial charge in [-0.05, 0) is 5.56 Å². The fourth-order valence-electron chi connectivity index (χ4n) is 2.00. The van der Waals surface area contributed by atoms with Crippen LogP contribution in [0.2, 0.25) is 0 Å². The maximum Gasteiger partial charge on any atom is 0.265 e. The van der Waals surface area contributed by atoms with Crippen LogP contribution in [0.15, 0.2) is 60.7 Å². The third-order valence-corrected chi connectivity index (χ3v) is 3.49. The van der Waals surface area contributed by atoms with Crippen LogP contribution in [0.4, 0.5) is 0 Å². The maximum atomic E-state index is 12.4. The molecular weight excluding hydrogens is 288 g/mol. The minimum Gasteiger partial charge on any atom is -0.291 e. The van der Waals surface area contributed by atoms with Gasteiger partial charge < -0.3 is 0 Å². The average molecular weight is 304 g/mol. The molecule has 0 radical (unpaired) electrons. The van der Waals surface area contributed by atoms with E-state index in [-0.39, 0.29) is 12.2 Å². The summed E-state index contributed by atoms with van der Waals surface area (Å²) in [6, 6.07) is 17.7. The molecule has 0 amide bonds. The monoisotopic (exact) mass is 304 g/mol. The SMILES string of the molecule is CS(=O)(=O)OC(Cc1ccccc1)C(=O)c1ccccc1. The summed E-state index contributed by atoms with van der Waals surface area (Å²) in [6.45, 7) is 0. The normalized spacial score (nSPS) is 12.8. The number of carbonyl (C=O) groups is 1. The second kappa shape index (κ2) is 6.65. The third kappa shape index (κ3) is 4.81. The van der Waals surface area contributed by atoms with Gasteiger partial charge in [-0.1, -0.05) is 60.7 Å². The van der Waals surface area contributed by atoms with Crippen LogP contribution in [-0.4, -0.2) is 26.6 Å². The lowest BCUT2D eigenvalue weighted by Gasteiger charge is -2.15. The van der Waals surface area contributed by atoms with Gasteiger partial charge in [0, 0.05) is 12.0 Å². The Morgan fingerprint density at radius 2 is 1.52 bits per heavy atom. The molecule has 110 valence electrons. The van der Waals surface area contributed by atoms with Crippen molar-refractivity contribution in [1.82, 2.24) is 0 Å². The predicted molar refractivity (Wildman–Crippen MR) is 80.6 cm³/mol. The minimum atomic E-state index is -3.72. The van der Waals surface area contributed by atoms with Crippen molar-refractivity contribution in [3.63, 3.8) is 0 Å². The molecule has 2 aromatic carbocycles. The number of hydrogen-bond donors (Lipinski definition) is 0. The summed E-state index contributed by atoms with van der Waals surface area (Å²) in [5, 5.41) is 0. The van der Waals surface area contributed by atoms with Crippen LogP contribution in [0.25, 0.3) is 0 Å². The Labute approximate surface area is 124 Å². The zero-order valence-corrected chi connectivity index (χ0v) is 12.4. The Morgan fingerprint density at radius 3 is 2.05 bits per heavy atom. The van der Waals surface area contributed by atoms with E-state index in [2.05, 4.69) is 0 Å². The van der Waals surface area contributed by atoms with E-state index in [4.69, 9.17) is 4.18 Å². The van der Waals surface area contributed by atoms with Crippen LogP contribution >= 0.6 is 0 Å². The van der Waals surface area contributed by atoms with E-state index in [1.807, 2.05) is 30.3 Å². The molecule has 1 unspecified atom stereocenters. The Hall–Kier alpha value is -1.98. The molecule has 0 fully saturated rings. The van der Waals surface area contributed by atoms with Crippen LogP contribution in [0, 0.1) is 0 Å². The van der Waals surface area contributed by atoms with Gasteiger partial charge in [0.25, 0.3) is 10.1 Å². The second-order valence-electron chi connectivity index (χ2n) is 4.71. The Morgan fingerprint density at radius 1 is 1.00 bits per heavy atom. The maximum absolute atomic E-state index is 12.4. The lowest BCUT2D eigenvalue weighted by molar-refractivity contribution is 0.0803. The number of ketones is 1. The summed E-state index contributed by atoms with van der Waals surface area (Å²) in [5.74, 6) is -0.343. The summed E-state index contributed by atoms with van der Waals surface area (Å²) in [5.41, 5.74) is 1.28. The van der Waals surface area contributed by atoms with Gasteiger partial charge in [-0.2, -0.15) is 8.42 Å². The Bertz CT molecular complexity index is 694. The first-order valence-corrected chi connectivity index (χ1v) is 8.29. The minimum absolute atomic E-state index is 0.210. The van der Waals surface area contributed by atoms with E-state index >= 15 is 0 Å². The van der Waals surface area contributed by atoms with Crippen LogP contribution < -0.4 is 0 Å². The molecule has 5 heteroatoms. The molecule has 0 aliphatic carbocycles. The molecule has 0 heterocycles. The Kier molecular flexibility index (Phi) is 4.88. The lowest BCUT2D eigenvalue weighted by Crippen LogP contribution is -2.29. The highest BCUT2D eigenvalue weighted by Crippen LogP contribution is 2.14. The third-order valence-electron chi connectivity index (χ3n) is 2.91. The molecule has 0 spiro atoms. The van der Waals surface area contributed by atoms with E-state index in [0.717, 1.165) is 11.8 Å². The van der Waals surface area contributed by atoms with Gasteiger partial charge >= 0.3 is 0 Å². The topological polar surface area (TPSA) is 60.4 Å². The molecule has 0 saturated carbocycles. The molecule has 2 aromatic rings. The highest BCUT2D eigenvalue weighted by molar-refractivity contribution is 7.86. The standard InChI is InChI=1S/C16H16O4S/c1-21(18,19)20-15(12-13-8-4-2-5-9-13)16(17)14-10-6-3-7-11-14/h2-11,15H,12H2,1H3. The predicted octanol–water partition coefficient (Wildman–Crippen LogP) is 2.46. The smallest absolute Gasteiger partial charge is 0.265 e. The molecule has 1 atom stereocenters. The number of hydrogen-bond acceptors (Lipinski definition) is 4. The zero-order valence-electron chi connectivity index (χ0n) is 11.6. The summed E-state index contributed by atoms with van der Waals surface area (Å²) in [6.07, 6.45) is 0.107. The van der Waals surface area contributed by atoms with Crippen molar-refractivity contribution in [2.45, 2.75) is 12.5 Å². The largest absolute Gasteiger partial charge is 0.291 e. The van der Waals surface area contributed by atoms with Crippen LogP contribution in [0.3, 0.4) is 0 Å². The summed E-state index contributed by atoms with van der Waals surface area (Å²) in [7, 11) is -3.72. The van der Waals surface area contributed by atoms with E-state index in [0.29, 0.717) is 5.56 Å². The van der Waals surface area contributed by atoms with Gasteiger partial charge in [0.15, 0.2) is 5.78 Å². The van der Waals surface area contributed by atoms with E-state index < -0.39 is 16.2 Å². The number of benzene rings is 2. The molecule has 0 bridgehead atoms. The van der Waals surface area contributed by atoms with Crippen molar-refractivity contribution < 1.29 is 17.4 Å². The second-order valence-corrected chi connectivity index (χ2v) is 6.31. The first-order chi connectivity index (χ1) is 9.96. The molecular formula is C16H16O4S. The van der Waals surface area contributed by atoms with Crippen LogP contribution in [-0.2, 0) is 20.7 Å². The molecule has 21 heavy (non-hydrogen) atoms. The summed E-state index contributed by atoms with van der Waals surface area (Å²) in [4.78, 5) is 12.4. The number of carbonyl (C=O) groups excluding carboxylic acids is 1. The van der Waals surface area contributed by atoms with Crippen LogP contribution in [0.1, 0.15) is 15.9 Å². The summed E-state index contributed by atoms with van der Waals surface area (Å²) < 4.78 is 27.8. The van der Waals surface area contributed by atoms with Crippen molar-refractivity contribution in [2.24, 2.45) is 0 Å². The first-order valence-electron chi connectivity index (χ1n) is 6.47. The molecule has 0 aliphatic heterocycles. The van der Waals surface area contributed by atoms with Crippen LogP contribution in [0.5, 0.6) is 0 Å².